The molecule has 0 radical (unpaired) electrons. The fourth-order valence-electron chi connectivity index (χ4n) is 2.31. The molecule has 2 aromatic rings. The van der Waals surface area contributed by atoms with E-state index in [1.54, 1.807) is 54.6 Å². The van der Waals surface area contributed by atoms with E-state index in [0.717, 1.165) is 10.0 Å². The molecule has 0 unspecified atom stereocenters. The molecular weight excluding hydrogens is 346 g/mol. The number of imide groups is 1. The number of carbonyl (C=O) groups excluding carboxylic acids is 2. The molecule has 1 fully saturated rings. The zero-order chi connectivity index (χ0) is 15.7. The van der Waals surface area contributed by atoms with Crippen LogP contribution in [0.5, 0.6) is 5.75 Å². The summed E-state index contributed by atoms with van der Waals surface area (Å²) in [5.41, 5.74) is 1.78. The van der Waals surface area contributed by atoms with Crippen LogP contribution in [-0.4, -0.2) is 16.9 Å². The third-order valence-corrected chi connectivity index (χ3v) is 3.92. The van der Waals surface area contributed by atoms with Crippen molar-refractivity contribution in [1.82, 2.24) is 0 Å². The van der Waals surface area contributed by atoms with Crippen molar-refractivity contribution in [3.05, 3.63) is 64.1 Å². The Bertz CT molecular complexity index is 763. The van der Waals surface area contributed by atoms with Crippen molar-refractivity contribution in [2.75, 3.05) is 4.90 Å². The number of nitrogens with zero attached hydrogens (tertiary/aromatic N) is 1. The fraction of sp³-hybridized carbons (Fsp3) is 0.0588. The molecule has 0 bridgehead atoms. The van der Waals surface area contributed by atoms with Gasteiger partial charge in [0.2, 0.25) is 5.91 Å². The number of aromatic hydroxyl groups is 1. The SMILES string of the molecule is O=C1CC(=Cc2ccc(O)cc2)C(=O)N1c1ccc(Br)cc1. The summed E-state index contributed by atoms with van der Waals surface area (Å²) in [6.07, 6.45) is 1.76. The number of anilines is 1. The number of hydrogen-bond donors (Lipinski definition) is 1. The molecule has 1 N–H and O–H groups in total. The quantitative estimate of drug-likeness (QED) is 0.660. The summed E-state index contributed by atoms with van der Waals surface area (Å²) in [5, 5.41) is 9.27. The van der Waals surface area contributed by atoms with Gasteiger partial charge in [-0.3, -0.25) is 9.59 Å². The van der Waals surface area contributed by atoms with Crippen LogP contribution in [0.2, 0.25) is 0 Å². The van der Waals surface area contributed by atoms with Gasteiger partial charge < -0.3 is 5.11 Å². The van der Waals surface area contributed by atoms with E-state index >= 15 is 0 Å². The molecule has 2 amide bonds. The first-order valence-electron chi connectivity index (χ1n) is 6.67. The van der Waals surface area contributed by atoms with Gasteiger partial charge in [-0.1, -0.05) is 28.1 Å². The first-order chi connectivity index (χ1) is 10.5. The Hall–Kier alpha value is -2.40. The largest absolute Gasteiger partial charge is 0.508 e. The number of phenolic OH excluding ortho intramolecular Hbond substituents is 1. The van der Waals surface area contributed by atoms with Crippen LogP contribution in [0.3, 0.4) is 0 Å². The smallest absolute Gasteiger partial charge is 0.261 e. The number of phenols is 1. The van der Waals surface area contributed by atoms with Gasteiger partial charge in [0.15, 0.2) is 0 Å². The number of halogens is 1. The summed E-state index contributed by atoms with van der Waals surface area (Å²) in [5.74, 6) is -0.384. The summed E-state index contributed by atoms with van der Waals surface area (Å²) in [6.45, 7) is 0. The summed E-state index contributed by atoms with van der Waals surface area (Å²) >= 11 is 3.33. The highest BCUT2D eigenvalue weighted by atomic mass is 79.9. The van der Waals surface area contributed by atoms with Gasteiger partial charge >= 0.3 is 0 Å². The minimum Gasteiger partial charge on any atom is -0.508 e. The van der Waals surface area contributed by atoms with Crippen molar-refractivity contribution in [2.24, 2.45) is 0 Å². The van der Waals surface area contributed by atoms with E-state index in [-0.39, 0.29) is 24.0 Å². The molecule has 110 valence electrons. The third kappa shape index (κ3) is 2.80. The van der Waals surface area contributed by atoms with E-state index in [1.807, 2.05) is 0 Å². The lowest BCUT2D eigenvalue weighted by Crippen LogP contribution is -2.28. The predicted molar refractivity (Wildman–Crippen MR) is 87.3 cm³/mol. The molecular formula is C17H12BrNO3. The minimum absolute atomic E-state index is 0.0791. The Morgan fingerprint density at radius 2 is 1.64 bits per heavy atom. The van der Waals surface area contributed by atoms with Crippen molar-refractivity contribution in [1.29, 1.82) is 0 Å². The molecule has 1 saturated heterocycles. The van der Waals surface area contributed by atoms with Gasteiger partial charge in [-0.15, -0.1) is 0 Å². The van der Waals surface area contributed by atoms with Gasteiger partial charge in [-0.25, -0.2) is 4.90 Å². The number of hydrogen-bond acceptors (Lipinski definition) is 3. The first kappa shape index (κ1) is 14.5. The van der Waals surface area contributed by atoms with Crippen molar-refractivity contribution in [3.8, 4) is 5.75 Å². The van der Waals surface area contributed by atoms with Crippen LogP contribution >= 0.6 is 15.9 Å². The zero-order valence-electron chi connectivity index (χ0n) is 11.5. The Labute approximate surface area is 135 Å². The molecule has 1 aliphatic rings. The highest BCUT2D eigenvalue weighted by Crippen LogP contribution is 2.28. The predicted octanol–water partition coefficient (Wildman–Crippen LogP) is 3.50. The molecule has 22 heavy (non-hydrogen) atoms. The van der Waals surface area contributed by atoms with E-state index in [0.29, 0.717) is 11.3 Å². The number of rotatable bonds is 2. The number of benzene rings is 2. The molecule has 0 atom stereocenters. The second kappa shape index (κ2) is 5.77. The van der Waals surface area contributed by atoms with Crippen molar-refractivity contribution < 1.29 is 14.7 Å². The maximum Gasteiger partial charge on any atom is 0.261 e. The standard InChI is InChI=1S/C17H12BrNO3/c18-13-3-5-14(6-4-13)19-16(21)10-12(17(19)22)9-11-1-7-15(20)8-2-11/h1-9,20H,10H2. The average Bonchev–Trinajstić information content (AvgIpc) is 2.77. The average molecular weight is 358 g/mol. The molecule has 3 rings (SSSR count). The van der Waals surface area contributed by atoms with Crippen LogP contribution in [0.4, 0.5) is 5.69 Å². The molecule has 5 heteroatoms. The summed E-state index contributed by atoms with van der Waals surface area (Å²) < 4.78 is 0.884. The van der Waals surface area contributed by atoms with Gasteiger partial charge in [0.05, 0.1) is 12.1 Å². The number of carbonyl (C=O) groups is 2. The van der Waals surface area contributed by atoms with Crippen LogP contribution in [0.15, 0.2) is 58.6 Å². The summed E-state index contributed by atoms with van der Waals surface area (Å²) in [6, 6.07) is 13.5. The Kier molecular flexibility index (Phi) is 3.81. The zero-order valence-corrected chi connectivity index (χ0v) is 13.1. The van der Waals surface area contributed by atoms with E-state index < -0.39 is 0 Å². The van der Waals surface area contributed by atoms with E-state index in [9.17, 15) is 14.7 Å². The molecule has 0 aromatic heterocycles. The summed E-state index contributed by atoms with van der Waals surface area (Å²) in [7, 11) is 0. The molecule has 1 aliphatic heterocycles. The minimum atomic E-state index is -0.305. The maximum atomic E-state index is 12.4. The van der Waals surface area contributed by atoms with Crippen molar-refractivity contribution >= 4 is 39.5 Å². The monoisotopic (exact) mass is 357 g/mol. The van der Waals surface area contributed by atoms with Gasteiger partial charge in [0.1, 0.15) is 5.75 Å². The highest BCUT2D eigenvalue weighted by Gasteiger charge is 2.34. The second-order valence-electron chi connectivity index (χ2n) is 4.95. The topological polar surface area (TPSA) is 57.6 Å². The lowest BCUT2D eigenvalue weighted by molar-refractivity contribution is -0.120. The van der Waals surface area contributed by atoms with Crippen LogP contribution in [0.25, 0.3) is 6.08 Å². The van der Waals surface area contributed by atoms with Gasteiger partial charge in [0, 0.05) is 10.0 Å². The Morgan fingerprint density at radius 3 is 2.27 bits per heavy atom. The molecule has 0 spiro atoms. The van der Waals surface area contributed by atoms with Crippen LogP contribution in [0, 0.1) is 0 Å². The Morgan fingerprint density at radius 1 is 1.00 bits per heavy atom. The van der Waals surface area contributed by atoms with Gasteiger partial charge in [0.25, 0.3) is 5.91 Å². The number of amides is 2. The lowest BCUT2D eigenvalue weighted by atomic mass is 10.1. The fourth-order valence-corrected chi connectivity index (χ4v) is 2.57. The Balaban J connectivity index is 1.91. The van der Waals surface area contributed by atoms with Crippen molar-refractivity contribution in [3.63, 3.8) is 0 Å². The van der Waals surface area contributed by atoms with E-state index in [1.165, 1.54) is 4.90 Å². The maximum absolute atomic E-state index is 12.4. The van der Waals surface area contributed by atoms with Crippen LogP contribution in [0.1, 0.15) is 12.0 Å². The lowest BCUT2D eigenvalue weighted by Gasteiger charge is -2.13. The van der Waals surface area contributed by atoms with Crippen molar-refractivity contribution in [2.45, 2.75) is 6.42 Å². The molecule has 4 nitrogen and oxygen atoms in total. The normalized spacial score (nSPS) is 16.6. The molecule has 2 aromatic carbocycles. The van der Waals surface area contributed by atoms with E-state index in [4.69, 9.17) is 0 Å². The molecule has 1 heterocycles. The highest BCUT2D eigenvalue weighted by molar-refractivity contribution is 9.10. The summed E-state index contributed by atoms with van der Waals surface area (Å²) in [4.78, 5) is 25.8. The molecule has 0 aliphatic carbocycles. The first-order valence-corrected chi connectivity index (χ1v) is 7.46. The van der Waals surface area contributed by atoms with E-state index in [2.05, 4.69) is 15.9 Å². The second-order valence-corrected chi connectivity index (χ2v) is 5.86. The van der Waals surface area contributed by atoms with Gasteiger partial charge in [-0.2, -0.15) is 0 Å². The van der Waals surface area contributed by atoms with Crippen LogP contribution < -0.4 is 4.90 Å². The van der Waals surface area contributed by atoms with Gasteiger partial charge in [-0.05, 0) is 48.0 Å². The molecule has 0 saturated carbocycles. The van der Waals surface area contributed by atoms with Crippen LogP contribution in [-0.2, 0) is 9.59 Å². The third-order valence-electron chi connectivity index (χ3n) is 3.39.